The van der Waals surface area contributed by atoms with Crippen LogP contribution in [0, 0.1) is 6.92 Å². The molecule has 0 bridgehead atoms. The molecular weight excluding hydrogens is 457 g/mol. The van der Waals surface area contributed by atoms with Gasteiger partial charge in [-0.15, -0.1) is 0 Å². The number of methoxy groups -OCH3 is 3. The van der Waals surface area contributed by atoms with Crippen molar-refractivity contribution in [1.29, 1.82) is 0 Å². The molecule has 2 aromatic carbocycles. The molecule has 3 rings (SSSR count). The Balaban J connectivity index is 2.31. The number of likely N-dealkylation sites (tertiary alicyclic amines) is 1. The van der Waals surface area contributed by atoms with Crippen molar-refractivity contribution in [3.8, 4) is 11.5 Å². The van der Waals surface area contributed by atoms with Gasteiger partial charge in [0, 0.05) is 13.7 Å². The van der Waals surface area contributed by atoms with Gasteiger partial charge in [0.25, 0.3) is 11.7 Å². The third-order valence-electron chi connectivity index (χ3n) is 5.35. The number of carbonyl (C=O) groups excluding carboxylic acids is 2. The molecule has 1 saturated heterocycles. The highest BCUT2D eigenvalue weighted by atomic mass is 35.5. The first-order chi connectivity index (χ1) is 15.3. The monoisotopic (exact) mass is 479 g/mol. The summed E-state index contributed by atoms with van der Waals surface area (Å²) in [4.78, 5) is 27.4. The second-order valence-corrected chi connectivity index (χ2v) is 7.91. The molecule has 0 aliphatic carbocycles. The van der Waals surface area contributed by atoms with Crippen molar-refractivity contribution in [3.63, 3.8) is 0 Å². The maximum atomic E-state index is 13.1. The van der Waals surface area contributed by atoms with Crippen LogP contribution in [-0.4, -0.2) is 56.2 Å². The second-order valence-electron chi connectivity index (χ2n) is 7.13. The first kappa shape index (κ1) is 23.9. The van der Waals surface area contributed by atoms with Crippen LogP contribution in [0.5, 0.6) is 11.5 Å². The molecule has 0 radical (unpaired) electrons. The summed E-state index contributed by atoms with van der Waals surface area (Å²) in [6.45, 7) is 2.25. The highest BCUT2D eigenvalue weighted by Crippen LogP contribution is 2.47. The first-order valence-electron chi connectivity index (χ1n) is 9.71. The van der Waals surface area contributed by atoms with Gasteiger partial charge in [-0.3, -0.25) is 9.59 Å². The zero-order valence-corrected chi connectivity index (χ0v) is 19.6. The summed E-state index contributed by atoms with van der Waals surface area (Å²) >= 11 is 12.6. The zero-order chi connectivity index (χ0) is 23.6. The van der Waals surface area contributed by atoms with E-state index in [0.717, 1.165) is 5.56 Å². The predicted octanol–water partition coefficient (Wildman–Crippen LogP) is 4.39. The number of benzene rings is 2. The van der Waals surface area contributed by atoms with E-state index in [2.05, 4.69) is 0 Å². The van der Waals surface area contributed by atoms with Crippen LogP contribution < -0.4 is 9.47 Å². The van der Waals surface area contributed by atoms with Crippen LogP contribution in [0.2, 0.25) is 10.0 Å². The Labute approximate surface area is 196 Å². The molecule has 1 aliphatic heterocycles. The minimum Gasteiger partial charge on any atom is -0.507 e. The van der Waals surface area contributed by atoms with Gasteiger partial charge in [-0.2, -0.15) is 0 Å². The molecule has 0 spiro atoms. The van der Waals surface area contributed by atoms with Crippen LogP contribution in [0.1, 0.15) is 22.7 Å². The van der Waals surface area contributed by atoms with Crippen molar-refractivity contribution in [3.05, 3.63) is 62.6 Å². The van der Waals surface area contributed by atoms with E-state index >= 15 is 0 Å². The Morgan fingerprint density at radius 3 is 2.34 bits per heavy atom. The number of ether oxygens (including phenoxy) is 3. The minimum atomic E-state index is -0.823. The van der Waals surface area contributed by atoms with Crippen LogP contribution in [0.15, 0.2) is 35.9 Å². The van der Waals surface area contributed by atoms with Crippen LogP contribution in [0.4, 0.5) is 0 Å². The number of hydrogen-bond acceptors (Lipinski definition) is 6. The van der Waals surface area contributed by atoms with E-state index in [1.165, 1.54) is 32.3 Å². The quantitative estimate of drug-likeness (QED) is 0.360. The highest BCUT2D eigenvalue weighted by molar-refractivity contribution is 6.47. The third kappa shape index (κ3) is 4.03. The molecule has 1 aliphatic rings. The maximum Gasteiger partial charge on any atom is 0.295 e. The lowest BCUT2D eigenvalue weighted by Gasteiger charge is -2.26. The fourth-order valence-corrected chi connectivity index (χ4v) is 4.50. The lowest BCUT2D eigenvalue weighted by Crippen LogP contribution is -2.33. The number of aryl methyl sites for hydroxylation is 1. The number of rotatable bonds is 7. The molecule has 0 saturated carbocycles. The van der Waals surface area contributed by atoms with Gasteiger partial charge in [0.15, 0.2) is 11.5 Å². The Hall–Kier alpha value is -2.74. The van der Waals surface area contributed by atoms with E-state index in [-0.39, 0.29) is 45.8 Å². The van der Waals surface area contributed by atoms with Crippen molar-refractivity contribution in [1.82, 2.24) is 4.90 Å². The van der Waals surface area contributed by atoms with Crippen LogP contribution in [0.25, 0.3) is 5.76 Å². The van der Waals surface area contributed by atoms with E-state index in [4.69, 9.17) is 37.4 Å². The standard InChI is InChI=1S/C23H23Cl2NO6/c1-12-7-5-6-8-13(12)18-16(20(28)23(29)26(18)9-10-30-2)19(27)14-11-15(24)22(32-4)17(25)21(14)31-3/h5-8,11,18,27H,9-10H2,1-4H3/b19-16+. The average Bonchev–Trinajstić information content (AvgIpc) is 3.02. The molecule has 1 amide bonds. The van der Waals surface area contributed by atoms with Gasteiger partial charge in [-0.1, -0.05) is 47.5 Å². The molecule has 1 heterocycles. The van der Waals surface area contributed by atoms with Crippen LogP contribution in [-0.2, 0) is 14.3 Å². The van der Waals surface area contributed by atoms with E-state index in [1.54, 1.807) is 6.07 Å². The van der Waals surface area contributed by atoms with Crippen molar-refractivity contribution in [2.24, 2.45) is 0 Å². The van der Waals surface area contributed by atoms with Gasteiger partial charge < -0.3 is 24.2 Å². The van der Waals surface area contributed by atoms with Crippen molar-refractivity contribution < 1.29 is 28.9 Å². The van der Waals surface area contributed by atoms with Gasteiger partial charge in [0.05, 0.1) is 43.0 Å². The maximum absolute atomic E-state index is 13.1. The normalized spacial score (nSPS) is 17.7. The molecule has 2 aromatic rings. The van der Waals surface area contributed by atoms with Crippen LogP contribution >= 0.6 is 23.2 Å². The Morgan fingerprint density at radius 1 is 1.09 bits per heavy atom. The zero-order valence-electron chi connectivity index (χ0n) is 18.1. The van der Waals surface area contributed by atoms with Crippen molar-refractivity contribution in [2.75, 3.05) is 34.5 Å². The Bertz CT molecular complexity index is 1100. The van der Waals surface area contributed by atoms with Gasteiger partial charge in [0.1, 0.15) is 10.8 Å². The molecule has 7 nitrogen and oxygen atoms in total. The molecule has 1 N–H and O–H groups in total. The Kier molecular flexibility index (Phi) is 7.33. The van der Waals surface area contributed by atoms with Gasteiger partial charge >= 0.3 is 0 Å². The van der Waals surface area contributed by atoms with Gasteiger partial charge in [-0.05, 0) is 24.1 Å². The average molecular weight is 480 g/mol. The van der Waals surface area contributed by atoms with Crippen LogP contribution in [0.3, 0.4) is 0 Å². The summed E-state index contributed by atoms with van der Waals surface area (Å²) in [6.07, 6.45) is 0. The third-order valence-corrected chi connectivity index (χ3v) is 5.98. The number of nitrogens with zero attached hydrogens (tertiary/aromatic N) is 1. The molecule has 1 fully saturated rings. The number of carbonyl (C=O) groups is 2. The minimum absolute atomic E-state index is 0.0325. The summed E-state index contributed by atoms with van der Waals surface area (Å²) in [5.41, 5.74) is 1.54. The molecule has 1 unspecified atom stereocenters. The van der Waals surface area contributed by atoms with E-state index in [9.17, 15) is 14.7 Å². The SMILES string of the molecule is COCCN1C(=O)C(=O)/C(=C(/O)c2cc(Cl)c(OC)c(Cl)c2OC)C1c1ccccc1C. The fourth-order valence-electron chi connectivity index (χ4n) is 3.81. The Morgan fingerprint density at radius 2 is 1.75 bits per heavy atom. The topological polar surface area (TPSA) is 85.3 Å². The molecule has 0 aromatic heterocycles. The number of Topliss-reactive ketones (excluding diaryl/α,β-unsaturated/α-hetero) is 1. The number of amides is 1. The largest absolute Gasteiger partial charge is 0.507 e. The number of ketones is 1. The first-order valence-corrected chi connectivity index (χ1v) is 10.5. The molecule has 32 heavy (non-hydrogen) atoms. The lowest BCUT2D eigenvalue weighted by atomic mass is 9.92. The lowest BCUT2D eigenvalue weighted by molar-refractivity contribution is -0.140. The van der Waals surface area contributed by atoms with Gasteiger partial charge in [0.2, 0.25) is 0 Å². The summed E-state index contributed by atoms with van der Waals surface area (Å²) in [5.74, 6) is -1.77. The van der Waals surface area contributed by atoms with Crippen molar-refractivity contribution >= 4 is 40.7 Å². The van der Waals surface area contributed by atoms with Crippen molar-refractivity contribution in [2.45, 2.75) is 13.0 Å². The summed E-state index contributed by atoms with van der Waals surface area (Å²) in [6, 6.07) is 7.90. The molecular formula is C23H23Cl2NO6. The second kappa shape index (κ2) is 9.81. The molecule has 9 heteroatoms. The van der Waals surface area contributed by atoms with E-state index in [1.807, 2.05) is 25.1 Å². The smallest absolute Gasteiger partial charge is 0.295 e. The fraction of sp³-hybridized carbons (Fsp3) is 0.304. The number of halogens is 2. The number of aliphatic hydroxyl groups is 1. The summed E-state index contributed by atoms with van der Waals surface area (Å²) < 4.78 is 15.7. The molecule has 170 valence electrons. The number of aliphatic hydroxyl groups excluding tert-OH is 1. The predicted molar refractivity (Wildman–Crippen MR) is 122 cm³/mol. The van der Waals surface area contributed by atoms with E-state index < -0.39 is 23.5 Å². The molecule has 1 atom stereocenters. The summed E-state index contributed by atoms with van der Waals surface area (Å²) in [7, 11) is 4.26. The van der Waals surface area contributed by atoms with E-state index in [0.29, 0.717) is 5.56 Å². The highest BCUT2D eigenvalue weighted by Gasteiger charge is 2.46. The summed E-state index contributed by atoms with van der Waals surface area (Å²) in [5, 5.41) is 11.5. The van der Waals surface area contributed by atoms with Gasteiger partial charge in [-0.25, -0.2) is 0 Å². The number of hydrogen-bond donors (Lipinski definition) is 1.